The van der Waals surface area contributed by atoms with Crippen LogP contribution in [-0.2, 0) is 0 Å². The van der Waals surface area contributed by atoms with Gasteiger partial charge in [-0.15, -0.1) is 0 Å². The average molecular weight is 221 g/mol. The van der Waals surface area contributed by atoms with Crippen LogP contribution < -0.4 is 15.2 Å². The first-order valence-electron chi connectivity index (χ1n) is 5.93. The van der Waals surface area contributed by atoms with Crippen molar-refractivity contribution in [3.8, 4) is 11.5 Å². The van der Waals surface area contributed by atoms with E-state index in [2.05, 4.69) is 0 Å². The van der Waals surface area contributed by atoms with Crippen molar-refractivity contribution in [3.63, 3.8) is 0 Å². The lowest BCUT2D eigenvalue weighted by Gasteiger charge is -2.13. The van der Waals surface area contributed by atoms with E-state index in [-0.39, 0.29) is 6.10 Å². The molecule has 1 aliphatic carbocycles. The van der Waals surface area contributed by atoms with Crippen molar-refractivity contribution < 1.29 is 9.47 Å². The second kappa shape index (κ2) is 5.21. The van der Waals surface area contributed by atoms with Gasteiger partial charge in [-0.1, -0.05) is 0 Å². The third-order valence-electron chi connectivity index (χ3n) is 2.86. The highest BCUT2D eigenvalue weighted by molar-refractivity contribution is 5.31. The smallest absolute Gasteiger partial charge is 0.119 e. The van der Waals surface area contributed by atoms with Gasteiger partial charge >= 0.3 is 0 Å². The third kappa shape index (κ3) is 2.89. The third-order valence-corrected chi connectivity index (χ3v) is 2.86. The highest BCUT2D eigenvalue weighted by atomic mass is 16.5. The van der Waals surface area contributed by atoms with Gasteiger partial charge in [0, 0.05) is 6.04 Å². The maximum atomic E-state index is 5.84. The van der Waals surface area contributed by atoms with Crippen LogP contribution in [0.5, 0.6) is 11.5 Å². The molecule has 0 amide bonds. The van der Waals surface area contributed by atoms with Crippen LogP contribution in [-0.4, -0.2) is 18.8 Å². The zero-order valence-corrected chi connectivity index (χ0v) is 9.69. The van der Waals surface area contributed by atoms with Gasteiger partial charge in [0.2, 0.25) is 0 Å². The summed E-state index contributed by atoms with van der Waals surface area (Å²) in [6.07, 6.45) is 3.39. The molecule has 1 aromatic rings. The van der Waals surface area contributed by atoms with Crippen molar-refractivity contribution in [1.82, 2.24) is 0 Å². The number of ether oxygens (including phenoxy) is 2. The standard InChI is InChI=1S/C13H19NO2/c1-2-15-11-5-7-12(8-6-11)16-13-4-3-10(14)9-13/h5-8,10,13H,2-4,9,14H2,1H3. The largest absolute Gasteiger partial charge is 0.494 e. The normalized spacial score (nSPS) is 24.4. The van der Waals surface area contributed by atoms with Gasteiger partial charge in [0.1, 0.15) is 17.6 Å². The van der Waals surface area contributed by atoms with Gasteiger partial charge < -0.3 is 15.2 Å². The zero-order chi connectivity index (χ0) is 11.4. The fourth-order valence-electron chi connectivity index (χ4n) is 2.05. The van der Waals surface area contributed by atoms with E-state index in [4.69, 9.17) is 15.2 Å². The maximum absolute atomic E-state index is 5.84. The van der Waals surface area contributed by atoms with Crippen molar-refractivity contribution in [1.29, 1.82) is 0 Å². The molecule has 16 heavy (non-hydrogen) atoms. The minimum absolute atomic E-state index is 0.285. The van der Waals surface area contributed by atoms with Crippen molar-refractivity contribution >= 4 is 0 Å². The van der Waals surface area contributed by atoms with Crippen molar-refractivity contribution in [3.05, 3.63) is 24.3 Å². The van der Waals surface area contributed by atoms with E-state index in [0.29, 0.717) is 12.6 Å². The van der Waals surface area contributed by atoms with Crippen molar-refractivity contribution in [2.24, 2.45) is 5.73 Å². The number of hydrogen-bond acceptors (Lipinski definition) is 3. The molecule has 0 aliphatic heterocycles. The Balaban J connectivity index is 1.89. The Morgan fingerprint density at radius 2 is 1.88 bits per heavy atom. The molecule has 0 saturated heterocycles. The highest BCUT2D eigenvalue weighted by Gasteiger charge is 2.22. The molecular weight excluding hydrogens is 202 g/mol. The monoisotopic (exact) mass is 221 g/mol. The predicted octanol–water partition coefficient (Wildman–Crippen LogP) is 2.34. The molecule has 2 atom stereocenters. The van der Waals surface area contributed by atoms with E-state index in [1.807, 2.05) is 31.2 Å². The Bertz CT molecular complexity index is 323. The summed E-state index contributed by atoms with van der Waals surface area (Å²) in [5.41, 5.74) is 5.84. The number of benzene rings is 1. The van der Waals surface area contributed by atoms with E-state index >= 15 is 0 Å². The SMILES string of the molecule is CCOc1ccc(OC2CCC(N)C2)cc1. The van der Waals surface area contributed by atoms with Gasteiger partial charge in [-0.3, -0.25) is 0 Å². The summed E-state index contributed by atoms with van der Waals surface area (Å²) in [6, 6.07) is 8.10. The molecule has 2 unspecified atom stereocenters. The van der Waals surface area contributed by atoms with Gasteiger partial charge in [-0.25, -0.2) is 0 Å². The Labute approximate surface area is 96.5 Å². The molecule has 0 aromatic heterocycles. The summed E-state index contributed by atoms with van der Waals surface area (Å²) in [5.74, 6) is 1.79. The second-order valence-electron chi connectivity index (χ2n) is 4.22. The van der Waals surface area contributed by atoms with Crippen molar-refractivity contribution in [2.45, 2.75) is 38.3 Å². The summed E-state index contributed by atoms with van der Waals surface area (Å²) < 4.78 is 11.2. The Morgan fingerprint density at radius 1 is 1.19 bits per heavy atom. The molecule has 3 nitrogen and oxygen atoms in total. The predicted molar refractivity (Wildman–Crippen MR) is 63.9 cm³/mol. The van der Waals surface area contributed by atoms with Gasteiger partial charge in [0.05, 0.1) is 6.61 Å². The van der Waals surface area contributed by atoms with Crippen LogP contribution in [0.4, 0.5) is 0 Å². The van der Waals surface area contributed by atoms with E-state index in [1.165, 1.54) is 0 Å². The quantitative estimate of drug-likeness (QED) is 0.848. The van der Waals surface area contributed by atoms with Crippen LogP contribution >= 0.6 is 0 Å². The molecule has 0 heterocycles. The minimum Gasteiger partial charge on any atom is -0.494 e. The molecule has 2 N–H and O–H groups in total. The van der Waals surface area contributed by atoms with Crippen LogP contribution in [0.1, 0.15) is 26.2 Å². The fraction of sp³-hybridized carbons (Fsp3) is 0.538. The van der Waals surface area contributed by atoms with E-state index < -0.39 is 0 Å². The Morgan fingerprint density at radius 3 is 2.44 bits per heavy atom. The Hall–Kier alpha value is -1.22. The first kappa shape index (κ1) is 11.3. The second-order valence-corrected chi connectivity index (χ2v) is 4.22. The lowest BCUT2D eigenvalue weighted by atomic mass is 10.2. The maximum Gasteiger partial charge on any atom is 0.119 e. The van der Waals surface area contributed by atoms with Crippen LogP contribution in [0.2, 0.25) is 0 Å². The first-order valence-corrected chi connectivity index (χ1v) is 5.93. The topological polar surface area (TPSA) is 44.5 Å². The summed E-state index contributed by atoms with van der Waals surface area (Å²) >= 11 is 0. The Kier molecular flexibility index (Phi) is 3.67. The summed E-state index contributed by atoms with van der Waals surface area (Å²) in [6.45, 7) is 2.67. The lowest BCUT2D eigenvalue weighted by Crippen LogP contribution is -2.19. The zero-order valence-electron chi connectivity index (χ0n) is 9.69. The van der Waals surface area contributed by atoms with Crippen LogP contribution in [0, 0.1) is 0 Å². The van der Waals surface area contributed by atoms with Gasteiger partial charge in [-0.2, -0.15) is 0 Å². The lowest BCUT2D eigenvalue weighted by molar-refractivity contribution is 0.208. The van der Waals surface area contributed by atoms with Gasteiger partial charge in [0.15, 0.2) is 0 Å². The van der Waals surface area contributed by atoms with E-state index in [0.717, 1.165) is 30.8 Å². The molecule has 2 rings (SSSR count). The number of nitrogens with two attached hydrogens (primary N) is 1. The fourth-order valence-corrected chi connectivity index (χ4v) is 2.05. The summed E-state index contributed by atoms with van der Waals surface area (Å²) in [7, 11) is 0. The van der Waals surface area contributed by atoms with Gasteiger partial charge in [-0.05, 0) is 50.5 Å². The molecular formula is C13H19NO2. The summed E-state index contributed by atoms with van der Waals surface area (Å²) in [4.78, 5) is 0. The molecule has 88 valence electrons. The molecule has 1 fully saturated rings. The van der Waals surface area contributed by atoms with Gasteiger partial charge in [0.25, 0.3) is 0 Å². The highest BCUT2D eigenvalue weighted by Crippen LogP contribution is 2.25. The van der Waals surface area contributed by atoms with Crippen LogP contribution in [0.15, 0.2) is 24.3 Å². The van der Waals surface area contributed by atoms with Crippen LogP contribution in [0.25, 0.3) is 0 Å². The summed E-state index contributed by atoms with van der Waals surface area (Å²) in [5, 5.41) is 0. The molecule has 0 bridgehead atoms. The number of hydrogen-bond donors (Lipinski definition) is 1. The molecule has 0 radical (unpaired) electrons. The molecule has 1 aromatic carbocycles. The molecule has 1 saturated carbocycles. The first-order chi connectivity index (χ1) is 7.78. The molecule has 0 spiro atoms. The van der Waals surface area contributed by atoms with E-state index in [1.54, 1.807) is 0 Å². The number of rotatable bonds is 4. The van der Waals surface area contributed by atoms with Crippen LogP contribution in [0.3, 0.4) is 0 Å². The van der Waals surface area contributed by atoms with E-state index in [9.17, 15) is 0 Å². The average Bonchev–Trinajstić information content (AvgIpc) is 2.67. The molecule has 3 heteroatoms. The molecule has 1 aliphatic rings. The van der Waals surface area contributed by atoms with Crippen molar-refractivity contribution in [2.75, 3.05) is 6.61 Å². The minimum atomic E-state index is 0.285.